The number of sulfonamides is 1. The third-order valence-corrected chi connectivity index (χ3v) is 4.74. The first-order chi connectivity index (χ1) is 9.97. The third kappa shape index (κ3) is 5.35. The van der Waals surface area contributed by atoms with E-state index in [-0.39, 0.29) is 17.9 Å². The second-order valence-corrected chi connectivity index (χ2v) is 6.86. The van der Waals surface area contributed by atoms with Gasteiger partial charge in [-0.3, -0.25) is 4.79 Å². The van der Waals surface area contributed by atoms with Gasteiger partial charge in [-0.1, -0.05) is 12.8 Å². The average Bonchev–Trinajstić information content (AvgIpc) is 3.23. The van der Waals surface area contributed by atoms with Crippen molar-refractivity contribution in [3.63, 3.8) is 0 Å². The van der Waals surface area contributed by atoms with Crippen molar-refractivity contribution in [3.05, 3.63) is 24.3 Å². The quantitative estimate of drug-likeness (QED) is 0.722. The Kier molecular flexibility index (Phi) is 5.19. The van der Waals surface area contributed by atoms with E-state index in [1.807, 2.05) is 0 Å². The second kappa shape index (κ2) is 6.91. The molecule has 0 unspecified atom stereocenters. The van der Waals surface area contributed by atoms with E-state index in [9.17, 15) is 13.2 Å². The molecule has 2 N–H and O–H groups in total. The monoisotopic (exact) mass is 313 g/mol. The van der Waals surface area contributed by atoms with E-state index >= 15 is 0 Å². The summed E-state index contributed by atoms with van der Waals surface area (Å²) in [6.45, 7) is 0.519. The van der Waals surface area contributed by atoms with Crippen LogP contribution < -0.4 is 9.46 Å². The van der Waals surface area contributed by atoms with Gasteiger partial charge in [-0.15, -0.1) is 0 Å². The fraction of sp³-hybridized carbons (Fsp3) is 0.500. The molecule has 1 aromatic rings. The molecule has 1 saturated carbocycles. The number of hydrogen-bond donors (Lipinski definition) is 2. The van der Waals surface area contributed by atoms with Crippen LogP contribution in [0.4, 0.5) is 0 Å². The van der Waals surface area contributed by atoms with Gasteiger partial charge in [0.1, 0.15) is 5.75 Å². The molecule has 0 amide bonds. The lowest BCUT2D eigenvalue weighted by atomic mass is 10.3. The topological polar surface area (TPSA) is 92.7 Å². The molecule has 7 heteroatoms. The Morgan fingerprint density at radius 3 is 2.52 bits per heavy atom. The molecular formula is C14H19NO5S. The van der Waals surface area contributed by atoms with Gasteiger partial charge in [0.25, 0.3) is 0 Å². The first-order valence-corrected chi connectivity index (χ1v) is 8.40. The van der Waals surface area contributed by atoms with Crippen LogP contribution in [0.1, 0.15) is 25.7 Å². The van der Waals surface area contributed by atoms with Crippen LogP contribution in [0, 0.1) is 5.92 Å². The molecule has 0 bridgehead atoms. The highest BCUT2D eigenvalue weighted by molar-refractivity contribution is 7.89. The van der Waals surface area contributed by atoms with Gasteiger partial charge in [-0.05, 0) is 36.6 Å². The lowest BCUT2D eigenvalue weighted by Crippen LogP contribution is -2.25. The summed E-state index contributed by atoms with van der Waals surface area (Å²) in [4.78, 5) is 10.5. The predicted octanol–water partition coefficient (Wildman–Crippen LogP) is 1.62. The highest BCUT2D eigenvalue weighted by Gasteiger charge is 2.22. The number of ether oxygens (including phenoxy) is 1. The molecule has 21 heavy (non-hydrogen) atoms. The molecule has 0 spiro atoms. The maximum Gasteiger partial charge on any atom is 0.306 e. The zero-order valence-electron chi connectivity index (χ0n) is 11.6. The van der Waals surface area contributed by atoms with Gasteiger partial charge in [0, 0.05) is 6.54 Å². The van der Waals surface area contributed by atoms with Crippen molar-refractivity contribution in [1.82, 2.24) is 4.72 Å². The van der Waals surface area contributed by atoms with Crippen molar-refractivity contribution >= 4 is 16.0 Å². The number of benzene rings is 1. The van der Waals surface area contributed by atoms with Crippen molar-refractivity contribution in [2.24, 2.45) is 5.92 Å². The van der Waals surface area contributed by atoms with E-state index in [2.05, 4.69) is 4.72 Å². The SMILES string of the molecule is O=C(O)CCOc1ccc(S(=O)(=O)NCCC2CC2)cc1. The van der Waals surface area contributed by atoms with E-state index in [4.69, 9.17) is 9.84 Å². The number of hydrogen-bond acceptors (Lipinski definition) is 4. The minimum absolute atomic E-state index is 0.0566. The van der Waals surface area contributed by atoms with E-state index in [1.165, 1.54) is 37.1 Å². The van der Waals surface area contributed by atoms with Gasteiger partial charge in [-0.25, -0.2) is 13.1 Å². The van der Waals surface area contributed by atoms with Crippen molar-refractivity contribution in [2.75, 3.05) is 13.2 Å². The molecule has 2 rings (SSSR count). The van der Waals surface area contributed by atoms with Crippen LogP contribution in [-0.2, 0) is 14.8 Å². The van der Waals surface area contributed by atoms with Crippen LogP contribution in [0.2, 0.25) is 0 Å². The average molecular weight is 313 g/mol. The van der Waals surface area contributed by atoms with Crippen LogP contribution in [0.3, 0.4) is 0 Å². The number of aliphatic carboxylic acids is 1. The summed E-state index contributed by atoms with van der Waals surface area (Å²) in [5.41, 5.74) is 0. The van der Waals surface area contributed by atoms with Crippen molar-refractivity contribution < 1.29 is 23.1 Å². The van der Waals surface area contributed by atoms with Gasteiger partial charge < -0.3 is 9.84 Å². The Labute approximate surface area is 124 Å². The molecule has 0 aliphatic heterocycles. The summed E-state index contributed by atoms with van der Waals surface area (Å²) in [5.74, 6) is 0.194. The first-order valence-electron chi connectivity index (χ1n) is 6.92. The molecule has 0 atom stereocenters. The van der Waals surface area contributed by atoms with Crippen LogP contribution >= 0.6 is 0 Å². The second-order valence-electron chi connectivity index (χ2n) is 5.09. The van der Waals surface area contributed by atoms with Crippen LogP contribution in [0.15, 0.2) is 29.2 Å². The zero-order chi connectivity index (χ0) is 15.3. The van der Waals surface area contributed by atoms with E-state index < -0.39 is 16.0 Å². The van der Waals surface area contributed by atoms with Crippen LogP contribution in [0.25, 0.3) is 0 Å². The minimum Gasteiger partial charge on any atom is -0.493 e. The highest BCUT2D eigenvalue weighted by Crippen LogP contribution is 2.31. The molecule has 116 valence electrons. The van der Waals surface area contributed by atoms with Gasteiger partial charge in [0.05, 0.1) is 17.9 Å². The Balaban J connectivity index is 1.85. The Morgan fingerprint density at radius 2 is 1.95 bits per heavy atom. The lowest BCUT2D eigenvalue weighted by Gasteiger charge is -2.08. The van der Waals surface area contributed by atoms with Crippen molar-refractivity contribution in [3.8, 4) is 5.75 Å². The number of carboxylic acids is 1. The smallest absolute Gasteiger partial charge is 0.306 e. The van der Waals surface area contributed by atoms with Crippen molar-refractivity contribution in [2.45, 2.75) is 30.6 Å². The highest BCUT2D eigenvalue weighted by atomic mass is 32.2. The summed E-state index contributed by atoms with van der Waals surface area (Å²) in [7, 11) is -3.48. The summed E-state index contributed by atoms with van der Waals surface area (Å²) in [6, 6.07) is 5.96. The molecule has 1 aliphatic rings. The minimum atomic E-state index is -3.48. The predicted molar refractivity (Wildman–Crippen MR) is 76.7 cm³/mol. The summed E-state index contributed by atoms with van der Waals surface area (Å²) in [6.07, 6.45) is 3.19. The van der Waals surface area contributed by atoms with E-state index in [1.54, 1.807) is 0 Å². The Bertz CT molecular complexity index is 578. The van der Waals surface area contributed by atoms with Crippen molar-refractivity contribution in [1.29, 1.82) is 0 Å². The number of carbonyl (C=O) groups is 1. The molecule has 0 radical (unpaired) electrons. The normalized spacial score (nSPS) is 14.9. The number of nitrogens with one attached hydrogen (secondary N) is 1. The van der Waals surface area contributed by atoms with Gasteiger partial charge in [0.15, 0.2) is 0 Å². The summed E-state index contributed by atoms with van der Waals surface area (Å²) < 4.78 is 31.8. The Morgan fingerprint density at radius 1 is 1.29 bits per heavy atom. The molecular weight excluding hydrogens is 294 g/mol. The third-order valence-electron chi connectivity index (χ3n) is 3.26. The standard InChI is InChI=1S/C14H19NO5S/c16-14(17)8-10-20-12-3-5-13(6-4-12)21(18,19)15-9-7-11-1-2-11/h3-6,11,15H,1-2,7-10H2,(H,16,17). The molecule has 0 heterocycles. The van der Waals surface area contributed by atoms with E-state index in [0.29, 0.717) is 18.2 Å². The molecule has 1 fully saturated rings. The molecule has 0 saturated heterocycles. The van der Waals surface area contributed by atoms with Crippen LogP contribution in [0.5, 0.6) is 5.75 Å². The molecule has 1 aromatic carbocycles. The number of rotatable bonds is 9. The maximum atomic E-state index is 12.0. The first kappa shape index (κ1) is 15.8. The Hall–Kier alpha value is -1.60. The van der Waals surface area contributed by atoms with E-state index in [0.717, 1.165) is 6.42 Å². The fourth-order valence-electron chi connectivity index (χ4n) is 1.86. The molecule has 6 nitrogen and oxygen atoms in total. The van der Waals surface area contributed by atoms with Gasteiger partial charge in [-0.2, -0.15) is 0 Å². The number of carboxylic acid groups (broad SMARTS) is 1. The fourth-order valence-corrected chi connectivity index (χ4v) is 2.91. The zero-order valence-corrected chi connectivity index (χ0v) is 12.4. The van der Waals surface area contributed by atoms with Crippen LogP contribution in [-0.4, -0.2) is 32.6 Å². The summed E-state index contributed by atoms with van der Waals surface area (Å²) >= 11 is 0. The van der Waals surface area contributed by atoms with Gasteiger partial charge in [0.2, 0.25) is 10.0 Å². The molecule has 1 aliphatic carbocycles. The largest absolute Gasteiger partial charge is 0.493 e. The summed E-state index contributed by atoms with van der Waals surface area (Å²) in [5, 5.41) is 8.50. The molecule has 0 aromatic heterocycles. The maximum absolute atomic E-state index is 12.0. The van der Waals surface area contributed by atoms with Gasteiger partial charge >= 0.3 is 5.97 Å². The lowest BCUT2D eigenvalue weighted by molar-refractivity contribution is -0.137.